The summed E-state index contributed by atoms with van der Waals surface area (Å²) in [5.41, 5.74) is 2.31. The molecule has 0 aliphatic heterocycles. The van der Waals surface area contributed by atoms with Crippen LogP contribution < -0.4 is 5.56 Å². The van der Waals surface area contributed by atoms with Crippen LogP contribution in [0.5, 0.6) is 0 Å². The minimum absolute atomic E-state index is 0.0122. The summed E-state index contributed by atoms with van der Waals surface area (Å²) in [5.74, 6) is 1.37. The molecule has 6 rings (SSSR count). The molecule has 0 spiro atoms. The van der Waals surface area contributed by atoms with Gasteiger partial charge in [-0.05, 0) is 49.8 Å². The van der Waals surface area contributed by atoms with Gasteiger partial charge in [0.15, 0.2) is 5.16 Å². The number of aryl methyl sites for hydroxylation is 1. The summed E-state index contributed by atoms with van der Waals surface area (Å²) in [7, 11) is 0. The third kappa shape index (κ3) is 2.83. The first-order chi connectivity index (χ1) is 14.6. The second-order valence-electron chi connectivity index (χ2n) is 7.91. The predicted octanol–water partition coefficient (Wildman–Crippen LogP) is 5.22. The number of nitrogens with zero attached hydrogens (tertiary/aromatic N) is 4. The maximum Gasteiger partial charge on any atom is 0.259 e. The third-order valence-electron chi connectivity index (χ3n) is 5.76. The lowest BCUT2D eigenvalue weighted by atomic mass is 9.89. The zero-order valence-corrected chi connectivity index (χ0v) is 19.0. The van der Waals surface area contributed by atoms with Gasteiger partial charge in [-0.15, -0.1) is 21.5 Å². The monoisotopic (exact) mass is 453 g/mol. The molecule has 1 aliphatic rings. The molecule has 0 amide bonds. The number of aromatic amines is 1. The molecule has 1 aliphatic carbocycles. The van der Waals surface area contributed by atoms with Crippen molar-refractivity contribution in [3.63, 3.8) is 0 Å². The van der Waals surface area contributed by atoms with E-state index < -0.39 is 0 Å². The second-order valence-corrected chi connectivity index (χ2v) is 11.3. The molecule has 0 saturated carbocycles. The molecule has 4 heterocycles. The van der Waals surface area contributed by atoms with E-state index in [4.69, 9.17) is 4.98 Å². The van der Waals surface area contributed by atoms with Gasteiger partial charge >= 0.3 is 0 Å². The van der Waals surface area contributed by atoms with Gasteiger partial charge in [-0.2, -0.15) is 0 Å². The van der Waals surface area contributed by atoms with E-state index in [9.17, 15) is 4.79 Å². The Balaban J connectivity index is 1.39. The smallest absolute Gasteiger partial charge is 0.259 e. The minimum atomic E-state index is -0.0498. The van der Waals surface area contributed by atoms with E-state index >= 15 is 0 Å². The molecule has 5 aromatic rings. The molecule has 0 fully saturated rings. The first kappa shape index (κ1) is 18.5. The predicted molar refractivity (Wildman–Crippen MR) is 124 cm³/mol. The van der Waals surface area contributed by atoms with Crippen molar-refractivity contribution in [1.82, 2.24) is 24.6 Å². The summed E-state index contributed by atoms with van der Waals surface area (Å²) < 4.78 is 3.27. The SMILES string of the molecule is C[C@H]1CCc2c(sc3nc([C@H](C)Sc4nnc5sc6ccccc6n45)[nH]c(=O)c23)C1. The molecule has 0 saturated heterocycles. The summed E-state index contributed by atoms with van der Waals surface area (Å²) in [6, 6.07) is 8.24. The fourth-order valence-electron chi connectivity index (χ4n) is 4.20. The lowest BCUT2D eigenvalue weighted by Crippen LogP contribution is -2.15. The molecule has 6 nitrogen and oxygen atoms in total. The highest BCUT2D eigenvalue weighted by molar-refractivity contribution is 7.99. The molecule has 4 aromatic heterocycles. The van der Waals surface area contributed by atoms with Gasteiger partial charge in [-0.3, -0.25) is 9.20 Å². The largest absolute Gasteiger partial charge is 0.309 e. The van der Waals surface area contributed by atoms with Gasteiger partial charge in [0.2, 0.25) is 4.96 Å². The van der Waals surface area contributed by atoms with E-state index in [1.807, 2.05) is 12.1 Å². The molecule has 0 bridgehead atoms. The van der Waals surface area contributed by atoms with Gasteiger partial charge in [-0.1, -0.05) is 42.2 Å². The van der Waals surface area contributed by atoms with Crippen molar-refractivity contribution in [2.45, 2.75) is 43.5 Å². The van der Waals surface area contributed by atoms with Gasteiger partial charge in [-0.25, -0.2) is 4.98 Å². The third-order valence-corrected chi connectivity index (χ3v) is 8.97. The Labute approximate surface area is 184 Å². The lowest BCUT2D eigenvalue weighted by Gasteiger charge is -2.17. The zero-order chi connectivity index (χ0) is 20.4. The lowest BCUT2D eigenvalue weighted by molar-refractivity contribution is 0.509. The van der Waals surface area contributed by atoms with Crippen LogP contribution in [0.1, 0.15) is 41.8 Å². The van der Waals surface area contributed by atoms with Crippen molar-refractivity contribution in [3.8, 4) is 0 Å². The molecule has 30 heavy (non-hydrogen) atoms. The van der Waals surface area contributed by atoms with E-state index in [2.05, 4.69) is 45.6 Å². The zero-order valence-electron chi connectivity index (χ0n) is 16.5. The number of thioether (sulfide) groups is 1. The number of benzene rings is 1. The Morgan fingerprint density at radius 2 is 2.13 bits per heavy atom. The highest BCUT2D eigenvalue weighted by Gasteiger charge is 2.24. The molecule has 1 N–H and O–H groups in total. The van der Waals surface area contributed by atoms with Gasteiger partial charge in [0.05, 0.1) is 20.9 Å². The number of thiophene rings is 1. The summed E-state index contributed by atoms with van der Waals surface area (Å²) in [6.45, 7) is 4.34. The van der Waals surface area contributed by atoms with Crippen LogP contribution >= 0.6 is 34.4 Å². The van der Waals surface area contributed by atoms with Gasteiger partial charge in [0.25, 0.3) is 5.56 Å². The van der Waals surface area contributed by atoms with E-state index in [-0.39, 0.29) is 10.8 Å². The van der Waals surface area contributed by atoms with Crippen LogP contribution in [0.25, 0.3) is 25.4 Å². The maximum absolute atomic E-state index is 12.9. The molecule has 1 aromatic carbocycles. The highest BCUT2D eigenvalue weighted by Crippen LogP contribution is 2.38. The van der Waals surface area contributed by atoms with Crippen LogP contribution in [0.3, 0.4) is 0 Å². The topological polar surface area (TPSA) is 75.9 Å². The molecule has 9 heteroatoms. The molecule has 0 unspecified atom stereocenters. The normalized spacial score (nSPS) is 17.7. The van der Waals surface area contributed by atoms with Crippen LogP contribution in [-0.4, -0.2) is 24.6 Å². The maximum atomic E-state index is 12.9. The van der Waals surface area contributed by atoms with Crippen molar-refractivity contribution >= 4 is 59.8 Å². The van der Waals surface area contributed by atoms with Crippen LogP contribution in [0.4, 0.5) is 0 Å². The van der Waals surface area contributed by atoms with Crippen LogP contribution in [0.15, 0.2) is 34.2 Å². The number of H-pyrrole nitrogens is 1. The number of rotatable bonds is 3. The molecule has 152 valence electrons. The summed E-state index contributed by atoms with van der Waals surface area (Å²) >= 11 is 4.89. The van der Waals surface area contributed by atoms with Crippen LogP contribution in [0.2, 0.25) is 0 Å². The molecular formula is C21H19N5OS3. The molecule has 2 atom stereocenters. The summed E-state index contributed by atoms with van der Waals surface area (Å²) in [5, 5.41) is 10.3. The van der Waals surface area contributed by atoms with Crippen LogP contribution in [0, 0.1) is 5.92 Å². The number of hydrogen-bond acceptors (Lipinski definition) is 7. The van der Waals surface area contributed by atoms with Crippen molar-refractivity contribution in [2.75, 3.05) is 0 Å². The van der Waals surface area contributed by atoms with E-state index in [0.717, 1.165) is 45.1 Å². The van der Waals surface area contributed by atoms with E-state index in [1.165, 1.54) is 15.1 Å². The fourth-order valence-corrected chi connectivity index (χ4v) is 7.53. The Hall–Kier alpha value is -2.23. The number of fused-ring (bicyclic) bond motifs is 6. The number of thiazole rings is 1. The summed E-state index contributed by atoms with van der Waals surface area (Å²) in [6.07, 6.45) is 3.18. The molecular weight excluding hydrogens is 434 g/mol. The fraction of sp³-hybridized carbons (Fsp3) is 0.333. The van der Waals surface area contributed by atoms with Crippen molar-refractivity contribution in [2.24, 2.45) is 5.92 Å². The Kier molecular flexibility index (Phi) is 4.26. The van der Waals surface area contributed by atoms with Crippen LogP contribution in [-0.2, 0) is 12.8 Å². The van der Waals surface area contributed by atoms with Gasteiger partial charge < -0.3 is 4.98 Å². The average Bonchev–Trinajstić information content (AvgIpc) is 3.39. The van der Waals surface area contributed by atoms with Gasteiger partial charge in [0.1, 0.15) is 10.7 Å². The first-order valence-electron chi connectivity index (χ1n) is 10.0. The van der Waals surface area contributed by atoms with Crippen molar-refractivity contribution < 1.29 is 0 Å². The average molecular weight is 454 g/mol. The first-order valence-corrected chi connectivity index (χ1v) is 12.5. The Morgan fingerprint density at radius 1 is 1.27 bits per heavy atom. The Bertz CT molecular complexity index is 1480. The summed E-state index contributed by atoms with van der Waals surface area (Å²) in [4.78, 5) is 23.9. The molecule has 0 radical (unpaired) electrons. The minimum Gasteiger partial charge on any atom is -0.309 e. The number of nitrogens with one attached hydrogen (secondary N) is 1. The number of aromatic nitrogens is 5. The highest BCUT2D eigenvalue weighted by atomic mass is 32.2. The standard InChI is InChI=1S/C21H19N5OS3/c1-10-7-8-12-15(9-10)29-19-16(12)18(27)22-17(23-19)11(2)28-20-24-25-21-26(20)13-5-3-4-6-14(13)30-21/h3-6,10-11H,7-9H2,1-2H3,(H,22,23,27)/t10-,11-/m0/s1. The van der Waals surface area contributed by atoms with Crippen molar-refractivity contribution in [1.29, 1.82) is 0 Å². The van der Waals surface area contributed by atoms with E-state index in [0.29, 0.717) is 11.7 Å². The number of hydrogen-bond donors (Lipinski definition) is 1. The Morgan fingerprint density at radius 3 is 3.03 bits per heavy atom. The van der Waals surface area contributed by atoms with Gasteiger partial charge in [0, 0.05) is 4.88 Å². The van der Waals surface area contributed by atoms with E-state index in [1.54, 1.807) is 34.4 Å². The number of para-hydroxylation sites is 1. The quantitative estimate of drug-likeness (QED) is 0.379. The second kappa shape index (κ2) is 6.90. The van der Waals surface area contributed by atoms with Crippen molar-refractivity contribution in [3.05, 3.63) is 50.9 Å².